The summed E-state index contributed by atoms with van der Waals surface area (Å²) in [6.07, 6.45) is -0.498. The summed E-state index contributed by atoms with van der Waals surface area (Å²) in [7, 11) is 1.66. The Morgan fingerprint density at radius 1 is 1.73 bits per heavy atom. The maximum absolute atomic E-state index is 11.5. The molecular weight excluding hydrogens is 212 g/mol. The first-order chi connectivity index (χ1) is 7.09. The molecule has 2 amide bonds. The van der Waals surface area contributed by atoms with Gasteiger partial charge in [-0.2, -0.15) is 11.3 Å². The van der Waals surface area contributed by atoms with Crippen molar-refractivity contribution in [1.29, 1.82) is 0 Å². The van der Waals surface area contributed by atoms with Gasteiger partial charge in [0.25, 0.3) is 0 Å². The number of carbonyl (C=O) groups is 1. The van der Waals surface area contributed by atoms with Gasteiger partial charge in [0.05, 0.1) is 6.10 Å². The van der Waals surface area contributed by atoms with Crippen LogP contribution in [0.25, 0.3) is 0 Å². The highest BCUT2D eigenvalue weighted by molar-refractivity contribution is 7.07. The van der Waals surface area contributed by atoms with Crippen LogP contribution in [-0.4, -0.2) is 35.7 Å². The second kappa shape index (κ2) is 5.72. The molecule has 0 aliphatic carbocycles. The minimum absolute atomic E-state index is 0.165. The Morgan fingerprint density at radius 2 is 2.47 bits per heavy atom. The number of likely N-dealkylation sites (N-methyl/N-ethyl adjacent to an activating group) is 1. The largest absolute Gasteiger partial charge is 0.392 e. The first kappa shape index (κ1) is 12.0. The van der Waals surface area contributed by atoms with Gasteiger partial charge in [0.15, 0.2) is 0 Å². The van der Waals surface area contributed by atoms with E-state index in [1.807, 2.05) is 16.8 Å². The molecular formula is C10H16N2O2S. The number of carbonyl (C=O) groups excluding carboxylic acids is 1. The molecule has 84 valence electrons. The summed E-state index contributed by atoms with van der Waals surface area (Å²) in [5, 5.41) is 15.8. The van der Waals surface area contributed by atoms with E-state index in [9.17, 15) is 4.79 Å². The van der Waals surface area contributed by atoms with Crippen molar-refractivity contribution in [2.75, 3.05) is 13.6 Å². The first-order valence-corrected chi connectivity index (χ1v) is 5.72. The molecule has 0 saturated heterocycles. The van der Waals surface area contributed by atoms with Crippen LogP contribution in [-0.2, 0) is 6.54 Å². The lowest BCUT2D eigenvalue weighted by molar-refractivity contribution is 0.143. The lowest BCUT2D eigenvalue weighted by Crippen LogP contribution is -2.40. The number of aliphatic hydroxyl groups is 1. The van der Waals surface area contributed by atoms with Gasteiger partial charge in [0.2, 0.25) is 0 Å². The molecule has 1 rings (SSSR count). The second-order valence-electron chi connectivity index (χ2n) is 3.52. The van der Waals surface area contributed by atoms with Crippen LogP contribution in [0, 0.1) is 0 Å². The van der Waals surface area contributed by atoms with Crippen LogP contribution in [0.15, 0.2) is 16.8 Å². The number of nitrogens with zero attached hydrogens (tertiary/aromatic N) is 1. The third-order valence-corrected chi connectivity index (χ3v) is 2.64. The van der Waals surface area contributed by atoms with E-state index in [0.29, 0.717) is 13.1 Å². The van der Waals surface area contributed by atoms with Gasteiger partial charge in [-0.1, -0.05) is 0 Å². The third kappa shape index (κ3) is 4.31. The summed E-state index contributed by atoms with van der Waals surface area (Å²) in [4.78, 5) is 13.0. The highest BCUT2D eigenvalue weighted by Crippen LogP contribution is 2.05. The Kier molecular flexibility index (Phi) is 4.58. The molecule has 1 unspecified atom stereocenters. The van der Waals surface area contributed by atoms with Crippen LogP contribution < -0.4 is 5.32 Å². The van der Waals surface area contributed by atoms with E-state index in [0.717, 1.165) is 5.56 Å². The Bertz CT molecular complexity index is 298. The first-order valence-electron chi connectivity index (χ1n) is 4.77. The van der Waals surface area contributed by atoms with Gasteiger partial charge < -0.3 is 15.3 Å². The Hall–Kier alpha value is -1.07. The van der Waals surface area contributed by atoms with Crippen molar-refractivity contribution < 1.29 is 9.90 Å². The van der Waals surface area contributed by atoms with Crippen LogP contribution in [0.5, 0.6) is 0 Å². The van der Waals surface area contributed by atoms with E-state index in [-0.39, 0.29) is 6.03 Å². The van der Waals surface area contributed by atoms with Gasteiger partial charge in [-0.3, -0.25) is 0 Å². The summed E-state index contributed by atoms with van der Waals surface area (Å²) < 4.78 is 0. The van der Waals surface area contributed by atoms with E-state index in [1.165, 1.54) is 4.90 Å². The van der Waals surface area contributed by atoms with Crippen molar-refractivity contribution >= 4 is 17.4 Å². The summed E-state index contributed by atoms with van der Waals surface area (Å²) in [5.74, 6) is 0. The monoisotopic (exact) mass is 228 g/mol. The molecule has 1 heterocycles. The summed E-state index contributed by atoms with van der Waals surface area (Å²) in [6.45, 7) is 2.53. The van der Waals surface area contributed by atoms with Crippen molar-refractivity contribution in [2.45, 2.75) is 19.6 Å². The molecule has 1 aromatic rings. The second-order valence-corrected chi connectivity index (χ2v) is 4.30. The zero-order valence-corrected chi connectivity index (χ0v) is 9.75. The lowest BCUT2D eigenvalue weighted by atomic mass is 10.3. The smallest absolute Gasteiger partial charge is 0.317 e. The molecule has 1 atom stereocenters. The van der Waals surface area contributed by atoms with Crippen molar-refractivity contribution in [2.24, 2.45) is 0 Å². The summed E-state index contributed by atoms with van der Waals surface area (Å²) in [6, 6.07) is 1.81. The van der Waals surface area contributed by atoms with Crippen molar-refractivity contribution in [1.82, 2.24) is 10.2 Å². The maximum atomic E-state index is 11.5. The molecule has 15 heavy (non-hydrogen) atoms. The zero-order valence-electron chi connectivity index (χ0n) is 8.93. The fraction of sp³-hybridized carbons (Fsp3) is 0.500. The van der Waals surface area contributed by atoms with Gasteiger partial charge in [-0.05, 0) is 29.3 Å². The van der Waals surface area contributed by atoms with Gasteiger partial charge in [0.1, 0.15) is 0 Å². The quantitative estimate of drug-likeness (QED) is 0.815. The molecule has 1 aromatic heterocycles. The van der Waals surface area contributed by atoms with Crippen molar-refractivity contribution in [3.05, 3.63) is 22.4 Å². The van der Waals surface area contributed by atoms with E-state index in [1.54, 1.807) is 25.3 Å². The van der Waals surface area contributed by atoms with Crippen molar-refractivity contribution in [3.8, 4) is 0 Å². The van der Waals surface area contributed by atoms with Crippen LogP contribution in [0.1, 0.15) is 12.5 Å². The van der Waals surface area contributed by atoms with E-state index < -0.39 is 6.10 Å². The molecule has 2 N–H and O–H groups in total. The van der Waals surface area contributed by atoms with Gasteiger partial charge in [-0.25, -0.2) is 4.79 Å². The van der Waals surface area contributed by atoms with Crippen molar-refractivity contribution in [3.63, 3.8) is 0 Å². The molecule has 0 radical (unpaired) electrons. The zero-order chi connectivity index (χ0) is 11.3. The highest BCUT2D eigenvalue weighted by atomic mass is 32.1. The number of rotatable bonds is 4. The molecule has 4 nitrogen and oxygen atoms in total. The molecule has 0 bridgehead atoms. The molecule has 0 spiro atoms. The summed E-state index contributed by atoms with van der Waals surface area (Å²) >= 11 is 1.61. The fourth-order valence-electron chi connectivity index (χ4n) is 1.19. The van der Waals surface area contributed by atoms with Crippen LogP contribution in [0.4, 0.5) is 4.79 Å². The molecule has 5 heteroatoms. The number of amides is 2. The van der Waals surface area contributed by atoms with Gasteiger partial charge >= 0.3 is 6.03 Å². The SMILES string of the molecule is CC(O)CN(C)C(=O)NCc1ccsc1. The van der Waals surface area contributed by atoms with Crippen LogP contribution >= 0.6 is 11.3 Å². The predicted octanol–water partition coefficient (Wildman–Crippen LogP) is 1.27. The number of aliphatic hydroxyl groups excluding tert-OH is 1. The average Bonchev–Trinajstić information content (AvgIpc) is 2.65. The number of thiophene rings is 1. The predicted molar refractivity (Wildman–Crippen MR) is 60.9 cm³/mol. The highest BCUT2D eigenvalue weighted by Gasteiger charge is 2.09. The van der Waals surface area contributed by atoms with Crippen LogP contribution in [0.3, 0.4) is 0 Å². The standard InChI is InChI=1S/C10H16N2O2S/c1-8(13)6-12(2)10(14)11-5-9-3-4-15-7-9/h3-4,7-8,13H,5-6H2,1-2H3,(H,11,14). The van der Waals surface area contributed by atoms with Crippen LogP contribution in [0.2, 0.25) is 0 Å². The minimum Gasteiger partial charge on any atom is -0.392 e. The van der Waals surface area contributed by atoms with E-state index in [2.05, 4.69) is 5.32 Å². The molecule has 0 saturated carbocycles. The molecule has 0 aromatic carbocycles. The number of hydrogen-bond acceptors (Lipinski definition) is 3. The Balaban J connectivity index is 2.29. The number of urea groups is 1. The van der Waals surface area contributed by atoms with E-state index >= 15 is 0 Å². The normalized spacial score (nSPS) is 12.2. The Labute approximate surface area is 93.5 Å². The molecule has 0 aliphatic rings. The topological polar surface area (TPSA) is 52.6 Å². The molecule has 0 aliphatic heterocycles. The number of hydrogen-bond donors (Lipinski definition) is 2. The average molecular weight is 228 g/mol. The lowest BCUT2D eigenvalue weighted by Gasteiger charge is -2.19. The number of nitrogens with one attached hydrogen (secondary N) is 1. The van der Waals surface area contributed by atoms with E-state index in [4.69, 9.17) is 5.11 Å². The van der Waals surface area contributed by atoms with Gasteiger partial charge in [-0.15, -0.1) is 0 Å². The maximum Gasteiger partial charge on any atom is 0.317 e. The Morgan fingerprint density at radius 3 is 3.00 bits per heavy atom. The van der Waals surface area contributed by atoms with Gasteiger partial charge in [0, 0.05) is 20.1 Å². The fourth-order valence-corrected chi connectivity index (χ4v) is 1.85. The third-order valence-electron chi connectivity index (χ3n) is 1.91. The summed E-state index contributed by atoms with van der Waals surface area (Å²) in [5.41, 5.74) is 1.10. The minimum atomic E-state index is -0.498. The molecule has 0 fully saturated rings.